The zero-order valence-corrected chi connectivity index (χ0v) is 13.9. The number of hydrogen-bond donors (Lipinski definition) is 0. The zero-order chi connectivity index (χ0) is 16.1. The molecule has 116 valence electrons. The van der Waals surface area contributed by atoms with Gasteiger partial charge in [0.05, 0.1) is 0 Å². The summed E-state index contributed by atoms with van der Waals surface area (Å²) < 4.78 is 5.62. The minimum absolute atomic E-state index is 0.0187. The van der Waals surface area contributed by atoms with Gasteiger partial charge in [-0.3, -0.25) is 4.79 Å². The van der Waals surface area contributed by atoms with E-state index in [0.29, 0.717) is 11.6 Å². The molecule has 0 radical (unpaired) electrons. The highest BCUT2D eigenvalue weighted by molar-refractivity contribution is 6.31. The van der Waals surface area contributed by atoms with Gasteiger partial charge >= 0.3 is 0 Å². The summed E-state index contributed by atoms with van der Waals surface area (Å²) in [6.07, 6.45) is 0. The van der Waals surface area contributed by atoms with Crippen LogP contribution in [0.15, 0.2) is 42.5 Å². The van der Waals surface area contributed by atoms with Crippen LogP contribution in [0.4, 0.5) is 0 Å². The summed E-state index contributed by atoms with van der Waals surface area (Å²) >= 11 is 6.11. The molecule has 4 heteroatoms. The van der Waals surface area contributed by atoms with Gasteiger partial charge in [0.1, 0.15) is 5.75 Å². The van der Waals surface area contributed by atoms with E-state index >= 15 is 0 Å². The number of benzene rings is 2. The second-order valence-electron chi connectivity index (χ2n) is 5.40. The number of ether oxygens (including phenoxy) is 1. The maximum absolute atomic E-state index is 12.2. The standard InChI is InChI=1S/C18H20ClNO2/c1-13-8-9-17(14(2)10-13)22-12-18(21)20(3)11-15-6-4-5-7-16(15)19/h4-10H,11-12H2,1-3H3. The monoisotopic (exact) mass is 317 g/mol. The van der Waals surface area contributed by atoms with E-state index in [2.05, 4.69) is 0 Å². The zero-order valence-electron chi connectivity index (χ0n) is 13.1. The fraction of sp³-hybridized carbons (Fsp3) is 0.278. The summed E-state index contributed by atoms with van der Waals surface area (Å²) in [5.41, 5.74) is 3.13. The first-order valence-electron chi connectivity index (χ1n) is 7.15. The molecular weight excluding hydrogens is 298 g/mol. The first-order valence-corrected chi connectivity index (χ1v) is 7.52. The molecule has 2 aromatic rings. The molecule has 2 rings (SSSR count). The Balaban J connectivity index is 1.93. The highest BCUT2D eigenvalue weighted by Gasteiger charge is 2.12. The van der Waals surface area contributed by atoms with Gasteiger partial charge in [0, 0.05) is 18.6 Å². The fourth-order valence-electron chi connectivity index (χ4n) is 2.18. The minimum atomic E-state index is -0.0834. The second-order valence-corrected chi connectivity index (χ2v) is 5.81. The Labute approximate surface area is 136 Å². The molecule has 0 aliphatic rings. The number of amides is 1. The number of carbonyl (C=O) groups is 1. The van der Waals surface area contributed by atoms with Gasteiger partial charge in [0.15, 0.2) is 6.61 Å². The van der Waals surface area contributed by atoms with Crippen molar-refractivity contribution < 1.29 is 9.53 Å². The molecule has 0 atom stereocenters. The predicted octanol–water partition coefficient (Wildman–Crippen LogP) is 3.99. The van der Waals surface area contributed by atoms with Crippen LogP contribution in [0.3, 0.4) is 0 Å². The van der Waals surface area contributed by atoms with Crippen LogP contribution in [0.2, 0.25) is 5.02 Å². The number of carbonyl (C=O) groups excluding carboxylic acids is 1. The molecule has 0 aliphatic heterocycles. The van der Waals surface area contributed by atoms with Crippen LogP contribution >= 0.6 is 11.6 Å². The Hall–Kier alpha value is -2.00. The molecule has 0 heterocycles. The number of nitrogens with zero attached hydrogens (tertiary/aromatic N) is 1. The van der Waals surface area contributed by atoms with Crippen molar-refractivity contribution in [3.05, 3.63) is 64.2 Å². The molecule has 22 heavy (non-hydrogen) atoms. The summed E-state index contributed by atoms with van der Waals surface area (Å²) in [4.78, 5) is 13.8. The Morgan fingerprint density at radius 3 is 2.59 bits per heavy atom. The smallest absolute Gasteiger partial charge is 0.260 e. The first kappa shape index (κ1) is 16.4. The lowest BCUT2D eigenvalue weighted by Crippen LogP contribution is -2.31. The van der Waals surface area contributed by atoms with Crippen LogP contribution in [0.1, 0.15) is 16.7 Å². The summed E-state index contributed by atoms with van der Waals surface area (Å²) in [5, 5.41) is 0.664. The van der Waals surface area contributed by atoms with Crippen LogP contribution in [-0.2, 0) is 11.3 Å². The van der Waals surface area contributed by atoms with E-state index in [1.165, 1.54) is 5.56 Å². The van der Waals surface area contributed by atoms with Crippen molar-refractivity contribution >= 4 is 17.5 Å². The van der Waals surface area contributed by atoms with E-state index in [4.69, 9.17) is 16.3 Å². The van der Waals surface area contributed by atoms with Crippen LogP contribution in [-0.4, -0.2) is 24.5 Å². The van der Waals surface area contributed by atoms with Gasteiger partial charge in [-0.1, -0.05) is 47.5 Å². The maximum atomic E-state index is 12.2. The van der Waals surface area contributed by atoms with Crippen molar-refractivity contribution in [2.24, 2.45) is 0 Å². The molecule has 2 aromatic carbocycles. The number of likely N-dealkylation sites (N-methyl/N-ethyl adjacent to an activating group) is 1. The summed E-state index contributed by atoms with van der Waals surface area (Å²) in [6, 6.07) is 13.4. The van der Waals surface area contributed by atoms with Gasteiger partial charge in [0.25, 0.3) is 5.91 Å². The van der Waals surface area contributed by atoms with Crippen LogP contribution in [0, 0.1) is 13.8 Å². The topological polar surface area (TPSA) is 29.5 Å². The molecule has 0 aromatic heterocycles. The van der Waals surface area contributed by atoms with Gasteiger partial charge in [-0.25, -0.2) is 0 Å². The maximum Gasteiger partial charge on any atom is 0.260 e. The van der Waals surface area contributed by atoms with E-state index in [1.54, 1.807) is 11.9 Å². The Bertz CT molecular complexity index is 670. The Morgan fingerprint density at radius 1 is 1.18 bits per heavy atom. The van der Waals surface area contributed by atoms with Crippen LogP contribution < -0.4 is 4.74 Å². The fourth-order valence-corrected chi connectivity index (χ4v) is 2.38. The number of aryl methyl sites for hydroxylation is 2. The average molecular weight is 318 g/mol. The van der Waals surface area contributed by atoms with Gasteiger partial charge in [0.2, 0.25) is 0 Å². The molecular formula is C18H20ClNO2. The van der Waals surface area contributed by atoms with Crippen molar-refractivity contribution in [2.45, 2.75) is 20.4 Å². The quantitative estimate of drug-likeness (QED) is 0.834. The lowest BCUT2D eigenvalue weighted by atomic mass is 10.1. The van der Waals surface area contributed by atoms with E-state index in [-0.39, 0.29) is 12.5 Å². The number of rotatable bonds is 5. The molecule has 0 saturated heterocycles. The highest BCUT2D eigenvalue weighted by Crippen LogP contribution is 2.19. The largest absolute Gasteiger partial charge is 0.484 e. The minimum Gasteiger partial charge on any atom is -0.484 e. The van der Waals surface area contributed by atoms with Crippen LogP contribution in [0.25, 0.3) is 0 Å². The predicted molar refractivity (Wildman–Crippen MR) is 89.3 cm³/mol. The number of halogens is 1. The highest BCUT2D eigenvalue weighted by atomic mass is 35.5. The van der Waals surface area contributed by atoms with Gasteiger partial charge in [-0.2, -0.15) is 0 Å². The molecule has 0 aliphatic carbocycles. The van der Waals surface area contributed by atoms with Crippen LogP contribution in [0.5, 0.6) is 5.75 Å². The van der Waals surface area contributed by atoms with Crippen molar-refractivity contribution in [1.29, 1.82) is 0 Å². The normalized spacial score (nSPS) is 10.4. The summed E-state index contributed by atoms with van der Waals surface area (Å²) in [7, 11) is 1.75. The Morgan fingerprint density at radius 2 is 1.91 bits per heavy atom. The average Bonchev–Trinajstić information content (AvgIpc) is 2.48. The van der Waals surface area contributed by atoms with E-state index in [0.717, 1.165) is 16.9 Å². The SMILES string of the molecule is Cc1ccc(OCC(=O)N(C)Cc2ccccc2Cl)c(C)c1. The third kappa shape index (κ3) is 4.25. The van der Waals surface area contributed by atoms with Crippen molar-refractivity contribution in [2.75, 3.05) is 13.7 Å². The van der Waals surface area contributed by atoms with E-state index < -0.39 is 0 Å². The third-order valence-electron chi connectivity index (χ3n) is 3.47. The van der Waals surface area contributed by atoms with E-state index in [1.807, 2.05) is 56.3 Å². The molecule has 1 amide bonds. The molecule has 0 fully saturated rings. The third-order valence-corrected chi connectivity index (χ3v) is 3.84. The van der Waals surface area contributed by atoms with Crippen molar-refractivity contribution in [3.63, 3.8) is 0 Å². The molecule has 3 nitrogen and oxygen atoms in total. The molecule has 0 bridgehead atoms. The van der Waals surface area contributed by atoms with Gasteiger partial charge in [-0.15, -0.1) is 0 Å². The molecule has 0 unspecified atom stereocenters. The molecule has 0 spiro atoms. The lowest BCUT2D eigenvalue weighted by molar-refractivity contribution is -0.132. The lowest BCUT2D eigenvalue weighted by Gasteiger charge is -2.18. The second kappa shape index (κ2) is 7.32. The van der Waals surface area contributed by atoms with Crippen molar-refractivity contribution in [3.8, 4) is 5.75 Å². The first-order chi connectivity index (χ1) is 10.5. The number of hydrogen-bond acceptors (Lipinski definition) is 2. The van der Waals surface area contributed by atoms with Gasteiger partial charge < -0.3 is 9.64 Å². The summed E-state index contributed by atoms with van der Waals surface area (Å²) in [6.45, 7) is 4.49. The summed E-state index contributed by atoms with van der Waals surface area (Å²) in [5.74, 6) is 0.657. The molecule has 0 N–H and O–H groups in total. The van der Waals surface area contributed by atoms with Gasteiger partial charge in [-0.05, 0) is 37.1 Å². The molecule has 0 saturated carbocycles. The van der Waals surface area contributed by atoms with E-state index in [9.17, 15) is 4.79 Å². The Kier molecular flexibility index (Phi) is 5.45. The van der Waals surface area contributed by atoms with Crippen molar-refractivity contribution in [1.82, 2.24) is 4.90 Å².